The van der Waals surface area contributed by atoms with Crippen LogP contribution in [0.5, 0.6) is 0 Å². The second-order valence-electron chi connectivity index (χ2n) is 5.48. The van der Waals surface area contributed by atoms with Gasteiger partial charge in [-0.3, -0.25) is 14.9 Å². The zero-order chi connectivity index (χ0) is 17.5. The zero-order valence-corrected chi connectivity index (χ0v) is 13.5. The van der Waals surface area contributed by atoms with Gasteiger partial charge in [-0.05, 0) is 18.6 Å². The van der Waals surface area contributed by atoms with E-state index >= 15 is 0 Å². The molecule has 3 N–H and O–H groups in total. The first-order chi connectivity index (χ1) is 11.6. The van der Waals surface area contributed by atoms with Crippen molar-refractivity contribution < 1.29 is 9.72 Å². The Hall–Kier alpha value is -2.74. The molecule has 0 radical (unpaired) electrons. The molecule has 0 aliphatic rings. The molecule has 2 aromatic rings. The van der Waals surface area contributed by atoms with Crippen molar-refractivity contribution in [1.29, 1.82) is 0 Å². The van der Waals surface area contributed by atoms with Gasteiger partial charge in [-0.1, -0.05) is 19.8 Å². The highest BCUT2D eigenvalue weighted by molar-refractivity contribution is 5.95. The van der Waals surface area contributed by atoms with Crippen molar-refractivity contribution in [3.8, 4) is 5.69 Å². The van der Waals surface area contributed by atoms with Gasteiger partial charge in [-0.25, -0.2) is 4.98 Å². The second-order valence-corrected chi connectivity index (χ2v) is 5.48. The Morgan fingerprint density at radius 2 is 2.29 bits per heavy atom. The number of amides is 1. The fraction of sp³-hybridized carbons (Fsp3) is 0.375. The van der Waals surface area contributed by atoms with Crippen LogP contribution in [0.4, 0.5) is 5.69 Å². The zero-order valence-electron chi connectivity index (χ0n) is 13.5. The minimum Gasteiger partial charge on any atom is -0.348 e. The number of rotatable bonds is 8. The van der Waals surface area contributed by atoms with Gasteiger partial charge in [0.2, 0.25) is 0 Å². The van der Waals surface area contributed by atoms with Crippen LogP contribution in [-0.2, 0) is 0 Å². The molecule has 0 aliphatic carbocycles. The molecule has 1 unspecified atom stereocenters. The predicted molar refractivity (Wildman–Crippen MR) is 90.1 cm³/mol. The van der Waals surface area contributed by atoms with E-state index in [1.54, 1.807) is 12.3 Å². The number of nitro groups is 1. The smallest absolute Gasteiger partial charge is 0.294 e. The molecule has 1 heterocycles. The number of nitrogens with two attached hydrogens (primary N) is 1. The summed E-state index contributed by atoms with van der Waals surface area (Å²) in [6.07, 6.45) is 7.37. The van der Waals surface area contributed by atoms with E-state index in [0.29, 0.717) is 12.2 Å². The molecule has 128 valence electrons. The molecule has 24 heavy (non-hydrogen) atoms. The van der Waals surface area contributed by atoms with Crippen LogP contribution < -0.4 is 11.1 Å². The summed E-state index contributed by atoms with van der Waals surface area (Å²) >= 11 is 0. The topological polar surface area (TPSA) is 116 Å². The average molecular weight is 331 g/mol. The minimum atomic E-state index is -0.510. The SMILES string of the molecule is CCCCC(CN)NC(=O)c1ccc(-n2ccnc2)c([N+](=O)[O-])c1. The fourth-order valence-corrected chi connectivity index (χ4v) is 2.40. The van der Waals surface area contributed by atoms with Crippen LogP contribution in [0, 0.1) is 10.1 Å². The Morgan fingerprint density at radius 1 is 1.50 bits per heavy atom. The lowest BCUT2D eigenvalue weighted by atomic mass is 10.1. The van der Waals surface area contributed by atoms with Crippen molar-refractivity contribution in [3.05, 3.63) is 52.6 Å². The highest BCUT2D eigenvalue weighted by atomic mass is 16.6. The summed E-state index contributed by atoms with van der Waals surface area (Å²) in [5.74, 6) is -0.359. The monoisotopic (exact) mass is 331 g/mol. The van der Waals surface area contributed by atoms with Crippen LogP contribution in [0.15, 0.2) is 36.9 Å². The van der Waals surface area contributed by atoms with Crippen LogP contribution in [-0.4, -0.2) is 33.0 Å². The first-order valence-corrected chi connectivity index (χ1v) is 7.84. The first-order valence-electron chi connectivity index (χ1n) is 7.84. The summed E-state index contributed by atoms with van der Waals surface area (Å²) in [7, 11) is 0. The fourth-order valence-electron chi connectivity index (χ4n) is 2.40. The molecule has 8 heteroatoms. The van der Waals surface area contributed by atoms with Crippen molar-refractivity contribution in [1.82, 2.24) is 14.9 Å². The maximum absolute atomic E-state index is 12.3. The maximum Gasteiger partial charge on any atom is 0.294 e. The first kappa shape index (κ1) is 17.6. The third-order valence-corrected chi connectivity index (χ3v) is 3.74. The number of unbranched alkanes of at least 4 members (excludes halogenated alkanes) is 1. The lowest BCUT2D eigenvalue weighted by Crippen LogP contribution is -2.40. The standard InChI is InChI=1S/C16H21N5O3/c1-2-3-4-13(10-17)19-16(22)12-5-6-14(15(9-12)21(23)24)20-8-7-18-11-20/h5-9,11,13H,2-4,10,17H2,1H3,(H,19,22). The van der Waals surface area contributed by atoms with Crippen molar-refractivity contribution >= 4 is 11.6 Å². The van der Waals surface area contributed by atoms with Crippen molar-refractivity contribution in [3.63, 3.8) is 0 Å². The van der Waals surface area contributed by atoms with Gasteiger partial charge >= 0.3 is 0 Å². The molecule has 0 saturated heterocycles. The highest BCUT2D eigenvalue weighted by Crippen LogP contribution is 2.24. The minimum absolute atomic E-state index is 0.134. The van der Waals surface area contributed by atoms with E-state index in [1.807, 2.05) is 0 Å². The van der Waals surface area contributed by atoms with Gasteiger partial charge in [0.15, 0.2) is 0 Å². The average Bonchev–Trinajstić information content (AvgIpc) is 3.12. The summed E-state index contributed by atoms with van der Waals surface area (Å²) in [5.41, 5.74) is 6.11. The van der Waals surface area contributed by atoms with Crippen molar-refractivity contribution in [2.24, 2.45) is 5.73 Å². The lowest BCUT2D eigenvalue weighted by molar-refractivity contribution is -0.384. The van der Waals surface area contributed by atoms with Crippen LogP contribution in [0.25, 0.3) is 5.69 Å². The van der Waals surface area contributed by atoms with E-state index in [1.165, 1.54) is 29.2 Å². The third-order valence-electron chi connectivity index (χ3n) is 3.74. The van der Waals surface area contributed by atoms with Crippen molar-refractivity contribution in [2.45, 2.75) is 32.2 Å². The summed E-state index contributed by atoms with van der Waals surface area (Å²) in [6.45, 7) is 2.40. The number of nitrogens with one attached hydrogen (secondary N) is 1. The lowest BCUT2D eigenvalue weighted by Gasteiger charge is -2.16. The molecule has 1 atom stereocenters. The number of carbonyl (C=O) groups excluding carboxylic acids is 1. The number of nitrogens with zero attached hydrogens (tertiary/aromatic N) is 3. The molecule has 8 nitrogen and oxygen atoms in total. The number of benzene rings is 1. The van der Waals surface area contributed by atoms with E-state index in [-0.39, 0.29) is 23.2 Å². The van der Waals surface area contributed by atoms with Gasteiger partial charge in [0, 0.05) is 36.6 Å². The molecule has 0 fully saturated rings. The third kappa shape index (κ3) is 4.17. The molecular weight excluding hydrogens is 310 g/mol. The van der Waals surface area contributed by atoms with Gasteiger partial charge in [0.05, 0.1) is 11.3 Å². The van der Waals surface area contributed by atoms with E-state index in [2.05, 4.69) is 17.2 Å². The van der Waals surface area contributed by atoms with Crippen LogP contribution in [0.1, 0.15) is 36.5 Å². The highest BCUT2D eigenvalue weighted by Gasteiger charge is 2.20. The summed E-state index contributed by atoms with van der Waals surface area (Å²) < 4.78 is 1.53. The van der Waals surface area contributed by atoms with Gasteiger partial charge < -0.3 is 15.6 Å². The Balaban J connectivity index is 2.23. The molecule has 2 rings (SSSR count). The quantitative estimate of drug-likeness (QED) is 0.567. The van der Waals surface area contributed by atoms with Gasteiger partial charge in [0.1, 0.15) is 5.69 Å². The van der Waals surface area contributed by atoms with Gasteiger partial charge in [-0.15, -0.1) is 0 Å². The largest absolute Gasteiger partial charge is 0.348 e. The van der Waals surface area contributed by atoms with Crippen molar-refractivity contribution in [2.75, 3.05) is 6.54 Å². The van der Waals surface area contributed by atoms with Crippen LogP contribution >= 0.6 is 0 Å². The number of carbonyl (C=O) groups is 1. The molecule has 1 aromatic carbocycles. The molecular formula is C16H21N5O3. The number of aromatic nitrogens is 2. The van der Waals surface area contributed by atoms with E-state index in [4.69, 9.17) is 5.73 Å². The Kier molecular flexibility index (Phi) is 6.02. The Morgan fingerprint density at radius 3 is 2.88 bits per heavy atom. The van der Waals surface area contributed by atoms with Gasteiger partial charge in [-0.2, -0.15) is 0 Å². The van der Waals surface area contributed by atoms with Crippen LogP contribution in [0.2, 0.25) is 0 Å². The summed E-state index contributed by atoms with van der Waals surface area (Å²) in [5, 5.41) is 14.2. The molecule has 0 aliphatic heterocycles. The molecule has 1 amide bonds. The summed E-state index contributed by atoms with van der Waals surface area (Å²) in [4.78, 5) is 27.0. The number of hydrogen-bond donors (Lipinski definition) is 2. The molecule has 1 aromatic heterocycles. The Labute approximate surface area is 139 Å². The van der Waals surface area contributed by atoms with E-state index < -0.39 is 4.92 Å². The van der Waals surface area contributed by atoms with Gasteiger partial charge in [0.25, 0.3) is 11.6 Å². The predicted octanol–water partition coefficient (Wildman–Crippen LogP) is 2.03. The Bertz CT molecular complexity index is 700. The normalized spacial score (nSPS) is 11.9. The molecule has 0 saturated carbocycles. The number of hydrogen-bond acceptors (Lipinski definition) is 5. The van der Waals surface area contributed by atoms with E-state index in [0.717, 1.165) is 19.3 Å². The number of imidazole rings is 1. The second kappa shape index (κ2) is 8.21. The molecule has 0 bridgehead atoms. The summed E-state index contributed by atoms with van der Waals surface area (Å²) in [6, 6.07) is 4.24. The number of nitro benzene ring substituents is 1. The molecule has 0 spiro atoms. The van der Waals surface area contributed by atoms with E-state index in [9.17, 15) is 14.9 Å². The maximum atomic E-state index is 12.3. The van der Waals surface area contributed by atoms with Crippen LogP contribution in [0.3, 0.4) is 0 Å².